The van der Waals surface area contributed by atoms with Gasteiger partial charge in [0.25, 0.3) is 0 Å². The van der Waals surface area contributed by atoms with Gasteiger partial charge in [-0.1, -0.05) is 6.07 Å². The summed E-state index contributed by atoms with van der Waals surface area (Å²) in [6, 6.07) is 6.46. The predicted octanol–water partition coefficient (Wildman–Crippen LogP) is 2.86. The molecule has 2 aromatic heterocycles. The number of carbonyl (C=O) groups is 1. The predicted molar refractivity (Wildman–Crippen MR) is 91.6 cm³/mol. The van der Waals surface area contributed by atoms with Crippen molar-refractivity contribution in [2.45, 2.75) is 45.1 Å². The van der Waals surface area contributed by atoms with Gasteiger partial charge in [-0.05, 0) is 56.7 Å². The maximum atomic E-state index is 12.9. The number of aryl methyl sites for hydroxylation is 2. The van der Waals surface area contributed by atoms with Crippen molar-refractivity contribution in [2.24, 2.45) is 5.92 Å². The average molecular weight is 324 g/mol. The number of rotatable bonds is 3. The molecule has 2 aliphatic rings. The van der Waals surface area contributed by atoms with Gasteiger partial charge in [0.15, 0.2) is 0 Å². The maximum absolute atomic E-state index is 12.9. The Morgan fingerprint density at radius 3 is 2.92 bits per heavy atom. The highest BCUT2D eigenvalue weighted by Gasteiger charge is 2.46. The minimum atomic E-state index is 0.147. The Labute approximate surface area is 142 Å². The molecule has 24 heavy (non-hydrogen) atoms. The molecule has 3 heterocycles. The summed E-state index contributed by atoms with van der Waals surface area (Å²) in [6.07, 6.45) is 6.80. The third-order valence-electron chi connectivity index (χ3n) is 5.32. The van der Waals surface area contributed by atoms with Gasteiger partial charge >= 0.3 is 0 Å². The zero-order valence-corrected chi connectivity index (χ0v) is 14.4. The number of hydrogen-bond donors (Lipinski definition) is 0. The lowest BCUT2D eigenvalue weighted by Gasteiger charge is -2.33. The standard InChI is InChI=1S/C19H24N4O/c1-13-9-14(2)23(21-13)16-6-4-8-22(12-16)19(24)18-10-17(18)15-5-3-7-20-11-15/h3,5,7,9,11,16-18H,4,6,8,10,12H2,1-2H3/t16-,17-,18+/m1/s1. The van der Waals surface area contributed by atoms with E-state index < -0.39 is 0 Å². The van der Waals surface area contributed by atoms with Gasteiger partial charge < -0.3 is 4.90 Å². The molecule has 2 aromatic rings. The SMILES string of the molecule is Cc1cc(C)n([C@@H]2CCCN(C(=O)[C@H]3C[C@@H]3c3cccnc3)C2)n1. The Morgan fingerprint density at radius 1 is 1.33 bits per heavy atom. The van der Waals surface area contributed by atoms with Crippen LogP contribution in [0.4, 0.5) is 0 Å². The molecule has 0 radical (unpaired) electrons. The number of piperidine rings is 1. The third kappa shape index (κ3) is 2.83. The van der Waals surface area contributed by atoms with Crippen LogP contribution in [0.2, 0.25) is 0 Å². The molecule has 1 amide bonds. The van der Waals surface area contributed by atoms with Crippen LogP contribution in [0.1, 0.15) is 48.2 Å². The zero-order valence-electron chi connectivity index (χ0n) is 14.4. The fourth-order valence-electron chi connectivity index (χ4n) is 4.04. The fourth-order valence-corrected chi connectivity index (χ4v) is 4.04. The first-order valence-corrected chi connectivity index (χ1v) is 8.85. The van der Waals surface area contributed by atoms with Gasteiger partial charge in [0, 0.05) is 37.1 Å². The summed E-state index contributed by atoms with van der Waals surface area (Å²) in [5.74, 6) is 0.823. The van der Waals surface area contributed by atoms with E-state index in [0.29, 0.717) is 17.9 Å². The smallest absolute Gasteiger partial charge is 0.226 e. The monoisotopic (exact) mass is 324 g/mol. The number of nitrogens with zero attached hydrogens (tertiary/aromatic N) is 4. The van der Waals surface area contributed by atoms with Crippen LogP contribution in [0.25, 0.3) is 0 Å². The van der Waals surface area contributed by atoms with Crippen LogP contribution in [-0.2, 0) is 4.79 Å². The molecule has 5 heteroatoms. The summed E-state index contributed by atoms with van der Waals surface area (Å²) in [6.45, 7) is 5.79. The summed E-state index contributed by atoms with van der Waals surface area (Å²) in [7, 11) is 0. The Morgan fingerprint density at radius 2 is 2.21 bits per heavy atom. The molecule has 0 bridgehead atoms. The van der Waals surface area contributed by atoms with Crippen LogP contribution in [0.15, 0.2) is 30.6 Å². The van der Waals surface area contributed by atoms with Crippen LogP contribution < -0.4 is 0 Å². The quantitative estimate of drug-likeness (QED) is 0.872. The first kappa shape index (κ1) is 15.4. The topological polar surface area (TPSA) is 51.0 Å². The minimum absolute atomic E-state index is 0.147. The van der Waals surface area contributed by atoms with Gasteiger partial charge in [0.2, 0.25) is 5.91 Å². The molecule has 1 aliphatic heterocycles. The highest BCUT2D eigenvalue weighted by atomic mass is 16.2. The lowest BCUT2D eigenvalue weighted by atomic mass is 10.0. The van der Waals surface area contributed by atoms with Crippen molar-refractivity contribution in [1.29, 1.82) is 0 Å². The number of aromatic nitrogens is 3. The van der Waals surface area contributed by atoms with E-state index in [1.807, 2.05) is 19.2 Å². The number of likely N-dealkylation sites (tertiary alicyclic amines) is 1. The Bertz CT molecular complexity index is 739. The van der Waals surface area contributed by atoms with E-state index in [4.69, 9.17) is 0 Å². The molecule has 0 unspecified atom stereocenters. The van der Waals surface area contributed by atoms with Gasteiger partial charge in [-0.2, -0.15) is 5.10 Å². The first-order valence-electron chi connectivity index (χ1n) is 8.85. The molecular formula is C19H24N4O. The Hall–Kier alpha value is -2.17. The normalized spacial score (nSPS) is 26.4. The molecular weight excluding hydrogens is 300 g/mol. The van der Waals surface area contributed by atoms with Crippen molar-refractivity contribution in [1.82, 2.24) is 19.7 Å². The van der Waals surface area contributed by atoms with Crippen molar-refractivity contribution >= 4 is 5.91 Å². The highest BCUT2D eigenvalue weighted by Crippen LogP contribution is 2.48. The van der Waals surface area contributed by atoms with Crippen molar-refractivity contribution < 1.29 is 4.79 Å². The summed E-state index contributed by atoms with van der Waals surface area (Å²) < 4.78 is 2.11. The van der Waals surface area contributed by atoms with Crippen LogP contribution >= 0.6 is 0 Å². The first-order chi connectivity index (χ1) is 11.6. The van der Waals surface area contributed by atoms with Gasteiger partial charge in [-0.3, -0.25) is 14.5 Å². The van der Waals surface area contributed by atoms with Crippen LogP contribution in [0, 0.1) is 19.8 Å². The van der Waals surface area contributed by atoms with Crippen molar-refractivity contribution in [3.63, 3.8) is 0 Å². The summed E-state index contributed by atoms with van der Waals surface area (Å²) in [5.41, 5.74) is 3.43. The molecule has 4 rings (SSSR count). The van der Waals surface area contributed by atoms with E-state index in [-0.39, 0.29) is 5.92 Å². The molecule has 0 spiro atoms. The third-order valence-corrected chi connectivity index (χ3v) is 5.32. The molecule has 3 atom stereocenters. The van der Waals surface area contributed by atoms with E-state index in [9.17, 15) is 4.79 Å². The summed E-state index contributed by atoms with van der Waals surface area (Å²) >= 11 is 0. The van der Waals surface area contributed by atoms with Crippen LogP contribution in [0.3, 0.4) is 0 Å². The zero-order chi connectivity index (χ0) is 16.7. The van der Waals surface area contributed by atoms with Gasteiger partial charge in [-0.15, -0.1) is 0 Å². The number of carbonyl (C=O) groups excluding carboxylic acids is 1. The van der Waals surface area contributed by atoms with Gasteiger partial charge in [0.05, 0.1) is 11.7 Å². The van der Waals surface area contributed by atoms with E-state index in [2.05, 4.69) is 38.7 Å². The maximum Gasteiger partial charge on any atom is 0.226 e. The lowest BCUT2D eigenvalue weighted by molar-refractivity contribution is -0.134. The molecule has 1 saturated heterocycles. The number of amides is 1. The number of pyridine rings is 1. The van der Waals surface area contributed by atoms with Crippen LogP contribution in [0.5, 0.6) is 0 Å². The second-order valence-electron chi connectivity index (χ2n) is 7.19. The number of hydrogen-bond acceptors (Lipinski definition) is 3. The Balaban J connectivity index is 1.43. The van der Waals surface area contributed by atoms with Crippen molar-refractivity contribution in [3.05, 3.63) is 47.5 Å². The summed E-state index contributed by atoms with van der Waals surface area (Å²) in [5, 5.41) is 4.62. The fraction of sp³-hybridized carbons (Fsp3) is 0.526. The van der Waals surface area contributed by atoms with E-state index in [1.54, 1.807) is 6.20 Å². The molecule has 2 fully saturated rings. The molecule has 126 valence electrons. The van der Waals surface area contributed by atoms with Gasteiger partial charge in [-0.25, -0.2) is 0 Å². The van der Waals surface area contributed by atoms with Gasteiger partial charge in [0.1, 0.15) is 0 Å². The Kier molecular flexibility index (Phi) is 3.87. The second-order valence-corrected chi connectivity index (χ2v) is 7.19. The highest BCUT2D eigenvalue weighted by molar-refractivity contribution is 5.83. The molecule has 1 aliphatic carbocycles. The molecule has 5 nitrogen and oxygen atoms in total. The largest absolute Gasteiger partial charge is 0.340 e. The van der Waals surface area contributed by atoms with E-state index in [1.165, 1.54) is 11.3 Å². The summed E-state index contributed by atoms with van der Waals surface area (Å²) in [4.78, 5) is 19.1. The molecule has 1 saturated carbocycles. The average Bonchev–Trinajstić information content (AvgIpc) is 3.33. The van der Waals surface area contributed by atoms with E-state index in [0.717, 1.165) is 38.0 Å². The lowest BCUT2D eigenvalue weighted by Crippen LogP contribution is -2.42. The molecule has 0 aromatic carbocycles. The van der Waals surface area contributed by atoms with E-state index >= 15 is 0 Å². The second kappa shape index (κ2) is 6.04. The van der Waals surface area contributed by atoms with Crippen molar-refractivity contribution in [2.75, 3.05) is 13.1 Å². The van der Waals surface area contributed by atoms with Crippen molar-refractivity contribution in [3.8, 4) is 0 Å². The van der Waals surface area contributed by atoms with Crippen LogP contribution in [-0.4, -0.2) is 38.7 Å². The minimum Gasteiger partial charge on any atom is -0.340 e. The molecule has 0 N–H and O–H groups in total.